The number of para-hydroxylation sites is 3. The molecule has 4 nitrogen and oxygen atoms in total. The van der Waals surface area contributed by atoms with Crippen molar-refractivity contribution in [3.8, 4) is 33.4 Å². The van der Waals surface area contributed by atoms with Gasteiger partial charge in [0.1, 0.15) is 22.3 Å². The van der Waals surface area contributed by atoms with Crippen LogP contribution in [0.1, 0.15) is 0 Å². The number of fused-ring (bicyclic) bond motifs is 12. The third-order valence-corrected chi connectivity index (χ3v) is 17.8. The van der Waals surface area contributed by atoms with E-state index in [2.05, 4.69) is 259 Å². The SMILES string of the molecule is c1ccc(N(c2cccc3oc4ccccc4c23)c2cccc3sc4cc(-c5ccc(N(c6ccc(-c7ccc8oc9ccccc9c8c7)cc6)c6cccc(-c7cccc8c7sc7ccccc78)c6)cc5)ccc4c23)cc1. The van der Waals surface area contributed by atoms with Crippen LogP contribution in [0.5, 0.6) is 0 Å². The smallest absolute Gasteiger partial charge is 0.137 e. The summed E-state index contributed by atoms with van der Waals surface area (Å²) >= 11 is 3.72. The molecule has 0 saturated heterocycles. The van der Waals surface area contributed by atoms with Gasteiger partial charge in [-0.25, -0.2) is 0 Å². The minimum atomic E-state index is 0.872. The zero-order valence-electron chi connectivity index (χ0n) is 41.9. The largest absolute Gasteiger partial charge is 0.456 e. The van der Waals surface area contributed by atoms with E-state index in [4.69, 9.17) is 8.83 Å². The van der Waals surface area contributed by atoms with Crippen molar-refractivity contribution in [1.82, 2.24) is 0 Å². The summed E-state index contributed by atoms with van der Waals surface area (Å²) in [4.78, 5) is 4.80. The monoisotopic (exact) mass is 1030 g/mol. The van der Waals surface area contributed by atoms with Gasteiger partial charge in [0.25, 0.3) is 0 Å². The summed E-state index contributed by atoms with van der Waals surface area (Å²) in [6, 6.07) is 96.5. The molecule has 16 rings (SSSR count). The Hall–Kier alpha value is -9.72. The minimum absolute atomic E-state index is 0.872. The van der Waals surface area contributed by atoms with Gasteiger partial charge in [0.15, 0.2) is 0 Å². The summed E-state index contributed by atoms with van der Waals surface area (Å²) < 4.78 is 17.7. The van der Waals surface area contributed by atoms with Crippen LogP contribution in [0.2, 0.25) is 0 Å². The van der Waals surface area contributed by atoms with Gasteiger partial charge in [-0.3, -0.25) is 0 Å². The van der Waals surface area contributed by atoms with Gasteiger partial charge in [-0.05, 0) is 143 Å². The number of anilines is 6. The second-order valence-electron chi connectivity index (χ2n) is 20.0. The fraction of sp³-hybridized carbons (Fsp3) is 0. The number of hydrogen-bond donors (Lipinski definition) is 0. The zero-order chi connectivity index (χ0) is 51.3. The van der Waals surface area contributed by atoms with Crippen molar-refractivity contribution >= 4 is 141 Å². The molecule has 12 aromatic carbocycles. The van der Waals surface area contributed by atoms with Crippen LogP contribution in [0, 0.1) is 0 Å². The highest BCUT2D eigenvalue weighted by atomic mass is 32.1. The van der Waals surface area contributed by atoms with Gasteiger partial charge in [-0.1, -0.05) is 158 Å². The Bertz CT molecular complexity index is 4990. The van der Waals surface area contributed by atoms with Crippen molar-refractivity contribution in [3.05, 3.63) is 267 Å². The van der Waals surface area contributed by atoms with Gasteiger partial charge >= 0.3 is 0 Å². The molecule has 4 heterocycles. The predicted octanol–water partition coefficient (Wildman–Crippen LogP) is 22.2. The van der Waals surface area contributed by atoms with Crippen LogP contribution in [-0.2, 0) is 0 Å². The van der Waals surface area contributed by atoms with Crippen molar-refractivity contribution in [1.29, 1.82) is 0 Å². The van der Waals surface area contributed by atoms with Crippen LogP contribution in [0.4, 0.5) is 34.1 Å². The van der Waals surface area contributed by atoms with E-state index in [1.165, 1.54) is 57.0 Å². The van der Waals surface area contributed by atoms with E-state index >= 15 is 0 Å². The maximum Gasteiger partial charge on any atom is 0.137 e. The molecule has 0 bridgehead atoms. The quantitative estimate of drug-likeness (QED) is 0.144. The average molecular weight is 1030 g/mol. The van der Waals surface area contributed by atoms with E-state index in [0.29, 0.717) is 0 Å². The van der Waals surface area contributed by atoms with Crippen molar-refractivity contribution in [2.45, 2.75) is 0 Å². The fourth-order valence-electron chi connectivity index (χ4n) is 11.8. The summed E-state index contributed by atoms with van der Waals surface area (Å²) in [5.41, 5.74) is 17.1. The molecule has 0 fully saturated rings. The standard InChI is InChI=1S/C72H44N2O2S2/c1-2-15-50(16-3-1)74(61-23-12-27-66-70(61)58-20-5-8-26-64(58)76-66)62-24-13-29-68-71(62)59-40-34-48(44-69(59)77-68)46-32-38-52(39-33-46)73(51-36-30-45(31-37-51)47-35-41-65-60(43-47)55-18-4-7-25-63(55)75-65)53-17-10-14-49(42-53)54-21-11-22-57-56-19-6-9-28-67(56)78-72(54)57/h1-44H. The van der Waals surface area contributed by atoms with Crippen LogP contribution in [0.25, 0.3) is 118 Å². The lowest BCUT2D eigenvalue weighted by Crippen LogP contribution is -2.10. The maximum atomic E-state index is 6.43. The lowest BCUT2D eigenvalue weighted by Gasteiger charge is -2.27. The number of nitrogens with zero attached hydrogens (tertiary/aromatic N) is 2. The normalized spacial score (nSPS) is 11.8. The molecule has 6 heteroatoms. The van der Waals surface area contributed by atoms with E-state index in [-0.39, 0.29) is 0 Å². The van der Waals surface area contributed by atoms with Crippen LogP contribution in [-0.4, -0.2) is 0 Å². The number of benzene rings is 12. The van der Waals surface area contributed by atoms with Crippen LogP contribution >= 0.6 is 22.7 Å². The maximum absolute atomic E-state index is 6.43. The molecule has 0 N–H and O–H groups in total. The Morgan fingerprint density at radius 3 is 1.62 bits per heavy atom. The second-order valence-corrected chi connectivity index (χ2v) is 22.1. The summed E-state index contributed by atoms with van der Waals surface area (Å²) in [5.74, 6) is 0. The molecular formula is C72H44N2O2S2. The third-order valence-electron chi connectivity index (χ3n) is 15.5. The Labute approximate surface area is 457 Å². The van der Waals surface area contributed by atoms with E-state index in [0.717, 1.165) is 94.7 Å². The zero-order valence-corrected chi connectivity index (χ0v) is 43.6. The van der Waals surface area contributed by atoms with Gasteiger partial charge in [0.2, 0.25) is 0 Å². The van der Waals surface area contributed by atoms with Gasteiger partial charge < -0.3 is 18.6 Å². The van der Waals surface area contributed by atoms with E-state index in [1.807, 2.05) is 40.9 Å². The highest BCUT2D eigenvalue weighted by Gasteiger charge is 2.23. The summed E-state index contributed by atoms with van der Waals surface area (Å²) in [6.07, 6.45) is 0. The molecule has 0 unspecified atom stereocenters. The van der Waals surface area contributed by atoms with Gasteiger partial charge in [0.05, 0.1) is 16.8 Å². The van der Waals surface area contributed by atoms with E-state index in [1.54, 1.807) is 0 Å². The van der Waals surface area contributed by atoms with Crippen molar-refractivity contribution < 1.29 is 8.83 Å². The van der Waals surface area contributed by atoms with Crippen LogP contribution < -0.4 is 9.80 Å². The first-order valence-corrected chi connectivity index (χ1v) is 27.9. The molecule has 0 amide bonds. The summed E-state index contributed by atoms with van der Waals surface area (Å²) in [7, 11) is 0. The highest BCUT2D eigenvalue weighted by Crippen LogP contribution is 2.49. The molecule has 4 aromatic heterocycles. The van der Waals surface area contributed by atoms with Gasteiger partial charge in [-0.2, -0.15) is 0 Å². The lowest BCUT2D eigenvalue weighted by molar-refractivity contribution is 0.668. The first-order valence-electron chi connectivity index (χ1n) is 26.3. The molecule has 366 valence electrons. The minimum Gasteiger partial charge on any atom is -0.456 e. The molecule has 0 aliphatic heterocycles. The molecule has 0 radical (unpaired) electrons. The molecule has 0 aliphatic carbocycles. The topological polar surface area (TPSA) is 32.8 Å². The number of furan rings is 2. The fourth-order valence-corrected chi connectivity index (χ4v) is 14.3. The second kappa shape index (κ2) is 18.0. The Morgan fingerprint density at radius 1 is 0.256 bits per heavy atom. The Morgan fingerprint density at radius 2 is 0.808 bits per heavy atom. The average Bonchev–Trinajstić information content (AvgIpc) is 4.42. The Balaban J connectivity index is 0.789. The molecular weight excluding hydrogens is 989 g/mol. The van der Waals surface area contributed by atoms with Crippen LogP contribution in [0.15, 0.2) is 276 Å². The molecule has 0 atom stereocenters. The molecule has 0 spiro atoms. The number of rotatable bonds is 9. The van der Waals surface area contributed by atoms with Gasteiger partial charge in [0, 0.05) is 79.3 Å². The first kappa shape index (κ1) is 44.6. The molecule has 16 aromatic rings. The molecule has 0 saturated carbocycles. The highest BCUT2D eigenvalue weighted by molar-refractivity contribution is 7.26. The van der Waals surface area contributed by atoms with Crippen LogP contribution in [0.3, 0.4) is 0 Å². The summed E-state index contributed by atoms with van der Waals surface area (Å²) in [5, 5.41) is 9.52. The Kier molecular flexibility index (Phi) is 10.3. The van der Waals surface area contributed by atoms with Crippen molar-refractivity contribution in [3.63, 3.8) is 0 Å². The van der Waals surface area contributed by atoms with E-state index in [9.17, 15) is 0 Å². The van der Waals surface area contributed by atoms with Crippen molar-refractivity contribution in [2.24, 2.45) is 0 Å². The first-order chi connectivity index (χ1) is 38.6. The molecule has 0 aliphatic rings. The van der Waals surface area contributed by atoms with Gasteiger partial charge in [-0.15, -0.1) is 22.7 Å². The summed E-state index contributed by atoms with van der Waals surface area (Å²) in [6.45, 7) is 0. The molecule has 78 heavy (non-hydrogen) atoms. The number of hydrogen-bond acceptors (Lipinski definition) is 6. The predicted molar refractivity (Wildman–Crippen MR) is 332 cm³/mol. The lowest BCUT2D eigenvalue weighted by atomic mass is 10.00. The third kappa shape index (κ3) is 7.26. The number of thiophene rings is 2. The van der Waals surface area contributed by atoms with Crippen molar-refractivity contribution in [2.75, 3.05) is 9.80 Å². The van der Waals surface area contributed by atoms with E-state index < -0.39 is 0 Å².